The van der Waals surface area contributed by atoms with Crippen molar-refractivity contribution >= 4 is 23.2 Å². The Morgan fingerprint density at radius 2 is 1.62 bits per heavy atom. The van der Waals surface area contributed by atoms with Gasteiger partial charge in [0.05, 0.1) is 5.92 Å². The third kappa shape index (κ3) is 7.48. The summed E-state index contributed by atoms with van der Waals surface area (Å²) in [5, 5.41) is 5.99. The summed E-state index contributed by atoms with van der Waals surface area (Å²) in [4.78, 5) is 28.7. The molecular weight excluding hydrogens is 568 g/mol. The van der Waals surface area contributed by atoms with Gasteiger partial charge in [0.1, 0.15) is 0 Å². The maximum Gasteiger partial charge on any atom is 0.276 e. The molecule has 45 heavy (non-hydrogen) atoms. The van der Waals surface area contributed by atoms with Gasteiger partial charge < -0.3 is 15.5 Å². The van der Waals surface area contributed by atoms with E-state index in [4.69, 9.17) is 0 Å². The number of alkyl halides is 2. The largest absolute Gasteiger partial charge is 0.372 e. The molecule has 1 saturated heterocycles. The summed E-state index contributed by atoms with van der Waals surface area (Å²) in [6, 6.07) is 30.9. The van der Waals surface area contributed by atoms with Gasteiger partial charge in [-0.3, -0.25) is 9.59 Å². The van der Waals surface area contributed by atoms with Gasteiger partial charge in [0, 0.05) is 48.6 Å². The molecule has 0 radical (unpaired) electrons. The summed E-state index contributed by atoms with van der Waals surface area (Å²) in [7, 11) is 0. The normalized spacial score (nSPS) is 14.4. The molecule has 232 valence electrons. The minimum absolute atomic E-state index is 0.0853. The van der Waals surface area contributed by atoms with Gasteiger partial charge in [0.15, 0.2) is 0 Å². The second-order valence-electron chi connectivity index (χ2n) is 11.4. The Morgan fingerprint density at radius 3 is 2.31 bits per heavy atom. The van der Waals surface area contributed by atoms with E-state index < -0.39 is 12.3 Å². The van der Waals surface area contributed by atoms with E-state index in [-0.39, 0.29) is 29.2 Å². The standard InChI is InChI=1S/C38H39F2N3O2/c1-3-23-38(39,40)30-14-10-13-29(26-30)33-15-8-9-16-34(33)36(44)42-31-17-19-32(20-18-31)43-24-21-28(22-25-43)35(37(45)41-4-2)27-11-6-5-7-12-27/h3,5-20,26,28,35H,1,4,21-25H2,2H3,(H,41,45)(H,42,44). The van der Waals surface area contributed by atoms with Crippen LogP contribution in [0.1, 0.15) is 53.6 Å². The average Bonchev–Trinajstić information content (AvgIpc) is 3.06. The van der Waals surface area contributed by atoms with Crippen molar-refractivity contribution in [3.05, 3.63) is 132 Å². The molecule has 0 saturated carbocycles. The third-order valence-electron chi connectivity index (χ3n) is 8.46. The lowest BCUT2D eigenvalue weighted by Gasteiger charge is -2.37. The van der Waals surface area contributed by atoms with Crippen molar-refractivity contribution in [1.82, 2.24) is 5.32 Å². The highest BCUT2D eigenvalue weighted by molar-refractivity contribution is 6.08. The van der Waals surface area contributed by atoms with Crippen molar-refractivity contribution < 1.29 is 18.4 Å². The number of hydrogen-bond acceptors (Lipinski definition) is 3. The molecule has 1 fully saturated rings. The van der Waals surface area contributed by atoms with Gasteiger partial charge >= 0.3 is 0 Å². The first-order valence-corrected chi connectivity index (χ1v) is 15.5. The number of hydrogen-bond donors (Lipinski definition) is 2. The minimum Gasteiger partial charge on any atom is -0.372 e. The Morgan fingerprint density at radius 1 is 0.933 bits per heavy atom. The van der Waals surface area contributed by atoms with Crippen LogP contribution in [0.5, 0.6) is 0 Å². The number of rotatable bonds is 11. The third-order valence-corrected chi connectivity index (χ3v) is 8.46. The van der Waals surface area contributed by atoms with Crippen LogP contribution in [0.3, 0.4) is 0 Å². The first kappa shape index (κ1) is 31.6. The molecule has 0 spiro atoms. The Labute approximate surface area is 264 Å². The van der Waals surface area contributed by atoms with Crippen LogP contribution >= 0.6 is 0 Å². The number of allylic oxidation sites excluding steroid dienone is 1. The molecule has 7 heteroatoms. The number of anilines is 2. The molecule has 1 atom stereocenters. The van der Waals surface area contributed by atoms with Crippen LogP contribution in [-0.2, 0) is 10.7 Å². The minimum atomic E-state index is -3.04. The lowest BCUT2D eigenvalue weighted by Crippen LogP contribution is -2.40. The summed E-state index contributed by atoms with van der Waals surface area (Å²) < 4.78 is 29.2. The molecule has 5 nitrogen and oxygen atoms in total. The van der Waals surface area contributed by atoms with Gasteiger partial charge in [-0.1, -0.05) is 72.8 Å². The quantitative estimate of drug-likeness (QED) is 0.168. The van der Waals surface area contributed by atoms with Crippen LogP contribution in [-0.4, -0.2) is 31.4 Å². The van der Waals surface area contributed by atoms with Crippen LogP contribution in [0, 0.1) is 5.92 Å². The lowest BCUT2D eigenvalue weighted by atomic mass is 9.79. The van der Waals surface area contributed by atoms with E-state index in [0.29, 0.717) is 28.9 Å². The van der Waals surface area contributed by atoms with Crippen LogP contribution in [0.15, 0.2) is 116 Å². The van der Waals surface area contributed by atoms with E-state index in [2.05, 4.69) is 22.1 Å². The highest BCUT2D eigenvalue weighted by Gasteiger charge is 2.33. The fourth-order valence-electron chi connectivity index (χ4n) is 6.17. The molecule has 1 unspecified atom stereocenters. The van der Waals surface area contributed by atoms with Crippen molar-refractivity contribution in [2.24, 2.45) is 5.92 Å². The maximum absolute atomic E-state index is 14.6. The molecule has 0 aliphatic carbocycles. The van der Waals surface area contributed by atoms with Crippen molar-refractivity contribution in [3.8, 4) is 11.1 Å². The predicted molar refractivity (Wildman–Crippen MR) is 178 cm³/mol. The van der Waals surface area contributed by atoms with E-state index in [9.17, 15) is 18.4 Å². The maximum atomic E-state index is 14.6. The number of piperidine rings is 1. The van der Waals surface area contributed by atoms with Crippen molar-refractivity contribution in [1.29, 1.82) is 0 Å². The molecule has 2 N–H and O–H groups in total. The van der Waals surface area contributed by atoms with Crippen LogP contribution in [0.2, 0.25) is 0 Å². The smallest absolute Gasteiger partial charge is 0.276 e. The van der Waals surface area contributed by atoms with E-state index in [1.165, 1.54) is 18.2 Å². The van der Waals surface area contributed by atoms with Gasteiger partial charge in [0.2, 0.25) is 5.91 Å². The summed E-state index contributed by atoms with van der Waals surface area (Å²) in [5.41, 5.74) is 4.15. The zero-order chi connectivity index (χ0) is 31.8. The molecule has 0 bridgehead atoms. The van der Waals surface area contributed by atoms with E-state index in [0.717, 1.165) is 37.2 Å². The van der Waals surface area contributed by atoms with Crippen LogP contribution < -0.4 is 15.5 Å². The van der Waals surface area contributed by atoms with Crippen LogP contribution in [0.4, 0.5) is 20.2 Å². The van der Waals surface area contributed by atoms with Crippen LogP contribution in [0.25, 0.3) is 11.1 Å². The molecule has 1 heterocycles. The summed E-state index contributed by atoms with van der Waals surface area (Å²) in [6.07, 6.45) is 2.54. The van der Waals surface area contributed by atoms with Gasteiger partial charge in [-0.05, 0) is 78.8 Å². The second-order valence-corrected chi connectivity index (χ2v) is 11.4. The number of amides is 2. The summed E-state index contributed by atoms with van der Waals surface area (Å²) in [6.45, 7) is 7.66. The van der Waals surface area contributed by atoms with Gasteiger partial charge in [-0.2, -0.15) is 0 Å². The van der Waals surface area contributed by atoms with Gasteiger partial charge in [-0.25, -0.2) is 8.78 Å². The Bertz CT molecular complexity index is 1610. The molecule has 4 aromatic carbocycles. The number of nitrogens with zero attached hydrogens (tertiary/aromatic N) is 1. The Balaban J connectivity index is 1.25. The number of benzene rings is 4. The highest BCUT2D eigenvalue weighted by Crippen LogP contribution is 2.36. The lowest BCUT2D eigenvalue weighted by molar-refractivity contribution is -0.123. The zero-order valence-corrected chi connectivity index (χ0v) is 25.5. The zero-order valence-electron chi connectivity index (χ0n) is 25.5. The Kier molecular flexibility index (Phi) is 10.1. The first-order valence-electron chi connectivity index (χ1n) is 15.5. The Hall–Kier alpha value is -4.78. The molecular formula is C38H39F2N3O2. The molecule has 1 aliphatic rings. The molecule has 5 rings (SSSR count). The predicted octanol–water partition coefficient (Wildman–Crippen LogP) is 8.41. The number of likely N-dealkylation sites (N-methyl/N-ethyl adjacent to an activating group) is 1. The van der Waals surface area contributed by atoms with Gasteiger partial charge in [-0.15, -0.1) is 6.58 Å². The topological polar surface area (TPSA) is 61.4 Å². The summed E-state index contributed by atoms with van der Waals surface area (Å²) in [5.74, 6) is -3.19. The molecule has 0 aromatic heterocycles. The number of carbonyl (C=O) groups is 2. The number of carbonyl (C=O) groups excluding carboxylic acids is 2. The monoisotopic (exact) mass is 607 g/mol. The van der Waals surface area contributed by atoms with E-state index in [1.54, 1.807) is 36.4 Å². The molecule has 2 amide bonds. The molecule has 1 aliphatic heterocycles. The van der Waals surface area contributed by atoms with Crippen molar-refractivity contribution in [2.75, 3.05) is 29.9 Å². The van der Waals surface area contributed by atoms with E-state index in [1.807, 2.05) is 61.5 Å². The molecule has 4 aromatic rings. The SMILES string of the molecule is C=CCC(F)(F)c1cccc(-c2ccccc2C(=O)Nc2ccc(N3CCC(C(C(=O)NCC)c4ccccc4)CC3)cc2)c1. The van der Waals surface area contributed by atoms with Crippen molar-refractivity contribution in [3.63, 3.8) is 0 Å². The fourth-order valence-corrected chi connectivity index (χ4v) is 6.17. The fraction of sp³-hybridized carbons (Fsp3) is 0.263. The second kappa shape index (κ2) is 14.3. The van der Waals surface area contributed by atoms with Crippen molar-refractivity contribution in [2.45, 2.75) is 38.0 Å². The number of nitrogens with one attached hydrogen (secondary N) is 2. The summed E-state index contributed by atoms with van der Waals surface area (Å²) >= 11 is 0. The number of halogens is 2. The highest BCUT2D eigenvalue weighted by atomic mass is 19.3. The van der Waals surface area contributed by atoms with Gasteiger partial charge in [0.25, 0.3) is 11.8 Å². The average molecular weight is 608 g/mol. The first-order chi connectivity index (χ1) is 21.8. The van der Waals surface area contributed by atoms with E-state index >= 15 is 0 Å².